The summed E-state index contributed by atoms with van der Waals surface area (Å²) >= 11 is 6.32. The van der Waals surface area contributed by atoms with Crippen LogP contribution < -0.4 is 0 Å². The fourth-order valence-electron chi connectivity index (χ4n) is 2.58. The molecule has 0 saturated carbocycles. The Hall–Kier alpha value is -1.86. The number of fused-ring (bicyclic) bond motifs is 1. The van der Waals surface area contributed by atoms with E-state index in [0.29, 0.717) is 0 Å². The highest BCUT2D eigenvalue weighted by Gasteiger charge is 2.10. The number of aryl methyl sites for hydroxylation is 2. The summed E-state index contributed by atoms with van der Waals surface area (Å²) in [4.78, 5) is 4.48. The quantitative estimate of drug-likeness (QED) is 0.593. The molecule has 0 bridgehead atoms. The number of pyridine rings is 1. The minimum Gasteiger partial charge on any atom is -0.256 e. The van der Waals surface area contributed by atoms with Crippen LogP contribution in [0.3, 0.4) is 0 Å². The third-order valence-electron chi connectivity index (χ3n) is 3.35. The summed E-state index contributed by atoms with van der Waals surface area (Å²) in [6, 6.07) is 14.3. The van der Waals surface area contributed by atoms with E-state index < -0.39 is 0 Å². The molecule has 3 rings (SSSR count). The van der Waals surface area contributed by atoms with Gasteiger partial charge in [0.2, 0.25) is 0 Å². The molecule has 2 aromatic carbocycles. The third-order valence-corrected chi connectivity index (χ3v) is 3.68. The molecule has 0 N–H and O–H groups in total. The molecule has 0 spiro atoms. The van der Waals surface area contributed by atoms with Crippen molar-refractivity contribution in [3.8, 4) is 11.1 Å². The van der Waals surface area contributed by atoms with Crippen molar-refractivity contribution in [2.45, 2.75) is 13.8 Å². The average Bonchev–Trinajstić information content (AvgIpc) is 2.38. The van der Waals surface area contributed by atoms with Crippen LogP contribution in [0.5, 0.6) is 0 Å². The molecule has 0 fully saturated rings. The molecule has 1 nitrogen and oxygen atoms in total. The molecule has 0 radical (unpaired) electrons. The SMILES string of the molecule is Cc1cc(C)c2c(-c3ccccc3Cl)ccnc2c1. The van der Waals surface area contributed by atoms with E-state index in [0.717, 1.165) is 21.7 Å². The molecule has 0 aliphatic rings. The first kappa shape index (κ1) is 12.2. The summed E-state index contributed by atoms with van der Waals surface area (Å²) < 4.78 is 0. The Balaban J connectivity index is 2.40. The van der Waals surface area contributed by atoms with Gasteiger partial charge in [0, 0.05) is 22.2 Å². The first-order valence-corrected chi connectivity index (χ1v) is 6.65. The second kappa shape index (κ2) is 4.67. The van der Waals surface area contributed by atoms with Crippen molar-refractivity contribution in [2.24, 2.45) is 0 Å². The molecule has 0 aliphatic carbocycles. The molecule has 0 aliphatic heterocycles. The fraction of sp³-hybridized carbons (Fsp3) is 0.118. The molecule has 94 valence electrons. The Bertz CT molecular complexity index is 762. The summed E-state index contributed by atoms with van der Waals surface area (Å²) in [6.45, 7) is 4.22. The van der Waals surface area contributed by atoms with Crippen molar-refractivity contribution in [2.75, 3.05) is 0 Å². The lowest BCUT2D eigenvalue weighted by Crippen LogP contribution is -1.89. The lowest BCUT2D eigenvalue weighted by Gasteiger charge is -2.11. The first-order chi connectivity index (χ1) is 9.16. The van der Waals surface area contributed by atoms with E-state index in [1.807, 2.05) is 30.5 Å². The Morgan fingerprint density at radius 1 is 0.947 bits per heavy atom. The molecule has 0 saturated heterocycles. The molecule has 1 aromatic heterocycles. The molecule has 1 heterocycles. The fourth-order valence-corrected chi connectivity index (χ4v) is 2.81. The van der Waals surface area contributed by atoms with Gasteiger partial charge in [0.25, 0.3) is 0 Å². The van der Waals surface area contributed by atoms with Crippen molar-refractivity contribution >= 4 is 22.5 Å². The van der Waals surface area contributed by atoms with Gasteiger partial charge in [-0.25, -0.2) is 0 Å². The second-order valence-electron chi connectivity index (χ2n) is 4.81. The number of benzene rings is 2. The molecule has 2 heteroatoms. The number of aromatic nitrogens is 1. The van der Waals surface area contributed by atoms with Gasteiger partial charge in [-0.1, -0.05) is 35.9 Å². The first-order valence-electron chi connectivity index (χ1n) is 6.27. The van der Waals surface area contributed by atoms with Gasteiger partial charge in [-0.15, -0.1) is 0 Å². The van der Waals surface area contributed by atoms with Crippen LogP contribution in [0.4, 0.5) is 0 Å². The van der Waals surface area contributed by atoms with E-state index >= 15 is 0 Å². The normalized spacial score (nSPS) is 10.9. The number of rotatable bonds is 1. The zero-order valence-electron chi connectivity index (χ0n) is 10.9. The van der Waals surface area contributed by atoms with Crippen molar-refractivity contribution in [3.05, 3.63) is 64.8 Å². The molecular weight excluding hydrogens is 254 g/mol. The van der Waals surface area contributed by atoms with E-state index in [9.17, 15) is 0 Å². The van der Waals surface area contributed by atoms with E-state index in [1.165, 1.54) is 16.5 Å². The highest BCUT2D eigenvalue weighted by atomic mass is 35.5. The predicted molar refractivity (Wildman–Crippen MR) is 81.7 cm³/mol. The minimum atomic E-state index is 0.773. The average molecular weight is 268 g/mol. The van der Waals surface area contributed by atoms with Crippen LogP contribution >= 0.6 is 11.6 Å². The van der Waals surface area contributed by atoms with Gasteiger partial charge in [-0.2, -0.15) is 0 Å². The molecule has 0 atom stereocenters. The molecule has 0 unspecified atom stereocenters. The summed E-state index contributed by atoms with van der Waals surface area (Å²) in [5, 5.41) is 1.95. The van der Waals surface area contributed by atoms with Gasteiger partial charge >= 0.3 is 0 Å². The number of halogens is 1. The van der Waals surface area contributed by atoms with Crippen LogP contribution in [0, 0.1) is 13.8 Å². The van der Waals surface area contributed by atoms with Crippen molar-refractivity contribution in [1.29, 1.82) is 0 Å². The summed E-state index contributed by atoms with van der Waals surface area (Å²) in [5.41, 5.74) is 5.69. The topological polar surface area (TPSA) is 12.9 Å². The van der Waals surface area contributed by atoms with Crippen LogP contribution in [0.25, 0.3) is 22.0 Å². The van der Waals surface area contributed by atoms with Crippen molar-refractivity contribution < 1.29 is 0 Å². The van der Waals surface area contributed by atoms with Crippen LogP contribution in [0.15, 0.2) is 48.7 Å². The predicted octanol–water partition coefficient (Wildman–Crippen LogP) is 5.17. The van der Waals surface area contributed by atoms with Crippen LogP contribution in [0.1, 0.15) is 11.1 Å². The minimum absolute atomic E-state index is 0.773. The zero-order valence-corrected chi connectivity index (χ0v) is 11.7. The third kappa shape index (κ3) is 2.11. The number of nitrogens with zero attached hydrogens (tertiary/aromatic N) is 1. The zero-order chi connectivity index (χ0) is 13.4. The summed E-state index contributed by atoms with van der Waals surface area (Å²) in [7, 11) is 0. The Kier molecular flexibility index (Phi) is 3.00. The van der Waals surface area contributed by atoms with Crippen molar-refractivity contribution in [3.63, 3.8) is 0 Å². The van der Waals surface area contributed by atoms with E-state index in [-0.39, 0.29) is 0 Å². The Labute approximate surface area is 117 Å². The van der Waals surface area contributed by atoms with Crippen molar-refractivity contribution in [1.82, 2.24) is 4.98 Å². The smallest absolute Gasteiger partial charge is 0.0713 e. The lowest BCUT2D eigenvalue weighted by atomic mass is 9.97. The van der Waals surface area contributed by atoms with Crippen LogP contribution in [-0.4, -0.2) is 4.98 Å². The maximum absolute atomic E-state index is 6.32. The molecule has 19 heavy (non-hydrogen) atoms. The standard InChI is InChI=1S/C17H14ClN/c1-11-9-12(2)17-14(7-8-19-16(17)10-11)13-5-3-4-6-15(13)18/h3-10H,1-2H3. The molecular formula is C17H14ClN. The molecule has 3 aromatic rings. The maximum atomic E-state index is 6.32. The maximum Gasteiger partial charge on any atom is 0.0713 e. The number of hydrogen-bond acceptors (Lipinski definition) is 1. The van der Waals surface area contributed by atoms with Gasteiger partial charge in [-0.05, 0) is 48.7 Å². The lowest BCUT2D eigenvalue weighted by molar-refractivity contribution is 1.35. The van der Waals surface area contributed by atoms with Crippen LogP contribution in [0.2, 0.25) is 5.02 Å². The summed E-state index contributed by atoms with van der Waals surface area (Å²) in [5.74, 6) is 0. The highest BCUT2D eigenvalue weighted by Crippen LogP contribution is 2.34. The Morgan fingerprint density at radius 3 is 2.53 bits per heavy atom. The van der Waals surface area contributed by atoms with Gasteiger partial charge in [0.15, 0.2) is 0 Å². The molecule has 0 amide bonds. The van der Waals surface area contributed by atoms with Gasteiger partial charge in [0.05, 0.1) is 5.52 Å². The van der Waals surface area contributed by atoms with E-state index in [4.69, 9.17) is 11.6 Å². The Morgan fingerprint density at radius 2 is 1.74 bits per heavy atom. The monoisotopic (exact) mass is 267 g/mol. The van der Waals surface area contributed by atoms with Gasteiger partial charge in [0.1, 0.15) is 0 Å². The van der Waals surface area contributed by atoms with Gasteiger partial charge < -0.3 is 0 Å². The van der Waals surface area contributed by atoms with E-state index in [1.54, 1.807) is 0 Å². The number of hydrogen-bond donors (Lipinski definition) is 0. The van der Waals surface area contributed by atoms with Crippen LogP contribution in [-0.2, 0) is 0 Å². The van der Waals surface area contributed by atoms with E-state index in [2.05, 4.69) is 37.0 Å². The highest BCUT2D eigenvalue weighted by molar-refractivity contribution is 6.33. The van der Waals surface area contributed by atoms with Gasteiger partial charge in [-0.3, -0.25) is 4.98 Å². The largest absolute Gasteiger partial charge is 0.256 e. The second-order valence-corrected chi connectivity index (χ2v) is 5.22. The summed E-state index contributed by atoms with van der Waals surface area (Å²) in [6.07, 6.45) is 1.85.